The molecule has 0 saturated heterocycles. The highest BCUT2D eigenvalue weighted by atomic mass is 35.5. The lowest BCUT2D eigenvalue weighted by molar-refractivity contribution is -0.150. The summed E-state index contributed by atoms with van der Waals surface area (Å²) in [5.41, 5.74) is 1.36. The molecule has 1 amide bonds. The molecular weight excluding hydrogens is 408 g/mol. The van der Waals surface area contributed by atoms with E-state index in [1.807, 2.05) is 0 Å². The molecule has 0 heterocycles. The Morgan fingerprint density at radius 3 is 2.32 bits per heavy atom. The van der Waals surface area contributed by atoms with Gasteiger partial charge in [0, 0.05) is 15.7 Å². The summed E-state index contributed by atoms with van der Waals surface area (Å²) in [4.78, 5) is 24.5. The van der Waals surface area contributed by atoms with E-state index < -0.39 is 18.2 Å². The smallest absolute Gasteiger partial charge is 0.412 e. The average Bonchev–Trinajstić information content (AvgIpc) is 2.60. The van der Waals surface area contributed by atoms with E-state index in [9.17, 15) is 14.0 Å². The van der Waals surface area contributed by atoms with Gasteiger partial charge in [-0.05, 0) is 55.3 Å². The third kappa shape index (κ3) is 6.55. The predicted molar refractivity (Wildman–Crippen MR) is 107 cm³/mol. The van der Waals surface area contributed by atoms with Gasteiger partial charge in [-0.3, -0.25) is 5.32 Å². The van der Waals surface area contributed by atoms with E-state index in [2.05, 4.69) is 5.32 Å². The molecule has 0 fully saturated rings. The van der Waals surface area contributed by atoms with Crippen LogP contribution in [-0.4, -0.2) is 24.8 Å². The standard InChI is InChI=1S/C20H18Cl2FNO4/c1-3-27-19(25)18(12(2)8-13-4-6-16(23)7-5-13)28-20(26)24-17-10-14(21)9-15(22)11-17/h4-11,18H,3H2,1-2H3,(H,24,26). The summed E-state index contributed by atoms with van der Waals surface area (Å²) in [6.45, 7) is 3.37. The minimum absolute atomic E-state index is 0.119. The second-order valence-electron chi connectivity index (χ2n) is 5.76. The van der Waals surface area contributed by atoms with E-state index >= 15 is 0 Å². The van der Waals surface area contributed by atoms with Gasteiger partial charge in [0.05, 0.1) is 6.61 Å². The molecule has 2 aromatic carbocycles. The maximum Gasteiger partial charge on any atom is 0.412 e. The minimum Gasteiger partial charge on any atom is -0.463 e. The molecule has 1 atom stereocenters. The summed E-state index contributed by atoms with van der Waals surface area (Å²) in [6, 6.07) is 10.1. The molecular formula is C20H18Cl2FNO4. The van der Waals surface area contributed by atoms with E-state index in [1.165, 1.54) is 42.5 Å². The van der Waals surface area contributed by atoms with Gasteiger partial charge in [0.1, 0.15) is 5.82 Å². The van der Waals surface area contributed by atoms with Crippen molar-refractivity contribution >= 4 is 47.0 Å². The van der Waals surface area contributed by atoms with Crippen molar-refractivity contribution in [3.8, 4) is 0 Å². The van der Waals surface area contributed by atoms with E-state index in [4.69, 9.17) is 32.7 Å². The van der Waals surface area contributed by atoms with Crippen molar-refractivity contribution in [1.82, 2.24) is 0 Å². The molecule has 8 heteroatoms. The largest absolute Gasteiger partial charge is 0.463 e. The summed E-state index contributed by atoms with van der Waals surface area (Å²) in [7, 11) is 0. The number of ether oxygens (including phenoxy) is 2. The third-order valence-corrected chi connectivity index (χ3v) is 3.95. The second kappa shape index (κ2) is 10.1. The van der Waals surface area contributed by atoms with Crippen LogP contribution in [0.3, 0.4) is 0 Å². The third-order valence-electron chi connectivity index (χ3n) is 3.51. The molecule has 0 aliphatic heterocycles. The van der Waals surface area contributed by atoms with Crippen LogP contribution in [0.15, 0.2) is 48.0 Å². The van der Waals surface area contributed by atoms with Gasteiger partial charge in [0.2, 0.25) is 6.10 Å². The molecule has 0 spiro atoms. The Bertz CT molecular complexity index is 864. The van der Waals surface area contributed by atoms with Crippen LogP contribution in [0.2, 0.25) is 10.0 Å². The van der Waals surface area contributed by atoms with Gasteiger partial charge >= 0.3 is 12.1 Å². The molecule has 2 aromatic rings. The number of carbonyl (C=O) groups is 2. The molecule has 1 N–H and O–H groups in total. The van der Waals surface area contributed by atoms with E-state index in [1.54, 1.807) is 19.9 Å². The van der Waals surface area contributed by atoms with Crippen LogP contribution in [-0.2, 0) is 14.3 Å². The Labute approximate surface area is 172 Å². The molecule has 2 rings (SSSR count). The van der Waals surface area contributed by atoms with Crippen molar-refractivity contribution in [3.05, 3.63) is 69.5 Å². The lowest BCUT2D eigenvalue weighted by atomic mass is 10.1. The maximum absolute atomic E-state index is 13.1. The SMILES string of the molecule is CCOC(=O)C(OC(=O)Nc1cc(Cl)cc(Cl)c1)C(C)=Cc1ccc(F)cc1. The van der Waals surface area contributed by atoms with E-state index in [-0.39, 0.29) is 12.4 Å². The lowest BCUT2D eigenvalue weighted by Gasteiger charge is -2.18. The van der Waals surface area contributed by atoms with Crippen LogP contribution in [0.25, 0.3) is 6.08 Å². The first-order valence-electron chi connectivity index (χ1n) is 8.32. The number of hydrogen-bond donors (Lipinski definition) is 1. The number of nitrogens with one attached hydrogen (secondary N) is 1. The highest BCUT2D eigenvalue weighted by Crippen LogP contribution is 2.23. The number of anilines is 1. The first-order chi connectivity index (χ1) is 13.3. The number of amides is 1. The Balaban J connectivity index is 2.18. The topological polar surface area (TPSA) is 64.6 Å². The van der Waals surface area contributed by atoms with Crippen molar-refractivity contribution in [1.29, 1.82) is 0 Å². The Morgan fingerprint density at radius 1 is 1.14 bits per heavy atom. The molecule has 0 saturated carbocycles. The number of rotatable bonds is 6. The number of esters is 1. The van der Waals surface area contributed by atoms with Gasteiger partial charge in [0.15, 0.2) is 0 Å². The van der Waals surface area contributed by atoms with Gasteiger partial charge in [-0.1, -0.05) is 41.4 Å². The van der Waals surface area contributed by atoms with Gasteiger partial charge in [-0.2, -0.15) is 0 Å². The highest BCUT2D eigenvalue weighted by Gasteiger charge is 2.26. The van der Waals surface area contributed by atoms with E-state index in [0.29, 0.717) is 26.9 Å². The summed E-state index contributed by atoms with van der Waals surface area (Å²) in [6.07, 6.45) is -0.562. The molecule has 5 nitrogen and oxygen atoms in total. The monoisotopic (exact) mass is 425 g/mol. The fourth-order valence-electron chi connectivity index (χ4n) is 2.32. The minimum atomic E-state index is -1.28. The number of hydrogen-bond acceptors (Lipinski definition) is 4. The first kappa shape index (κ1) is 21.7. The predicted octanol–water partition coefficient (Wildman–Crippen LogP) is 5.72. The zero-order valence-electron chi connectivity index (χ0n) is 15.2. The van der Waals surface area contributed by atoms with Crippen LogP contribution in [0, 0.1) is 5.82 Å². The highest BCUT2D eigenvalue weighted by molar-refractivity contribution is 6.35. The summed E-state index contributed by atoms with van der Waals surface area (Å²) in [5.74, 6) is -1.11. The summed E-state index contributed by atoms with van der Waals surface area (Å²) < 4.78 is 23.3. The molecule has 0 aromatic heterocycles. The first-order valence-corrected chi connectivity index (χ1v) is 9.08. The molecule has 0 aliphatic rings. The molecule has 0 bridgehead atoms. The molecule has 0 radical (unpaired) electrons. The van der Waals surface area contributed by atoms with Gasteiger partial charge < -0.3 is 9.47 Å². The summed E-state index contributed by atoms with van der Waals surface area (Å²) in [5, 5.41) is 3.12. The lowest BCUT2D eigenvalue weighted by Crippen LogP contribution is -2.32. The number of halogens is 3. The van der Waals surface area contributed by atoms with Gasteiger partial charge in [-0.15, -0.1) is 0 Å². The fourth-order valence-corrected chi connectivity index (χ4v) is 2.85. The van der Waals surface area contributed by atoms with Crippen molar-refractivity contribution in [2.45, 2.75) is 20.0 Å². The zero-order chi connectivity index (χ0) is 20.7. The van der Waals surface area contributed by atoms with Crippen LogP contribution in [0.4, 0.5) is 14.9 Å². The van der Waals surface area contributed by atoms with Crippen molar-refractivity contribution < 1.29 is 23.5 Å². The maximum atomic E-state index is 13.1. The van der Waals surface area contributed by atoms with Crippen LogP contribution < -0.4 is 5.32 Å². The molecule has 148 valence electrons. The van der Waals surface area contributed by atoms with Crippen molar-refractivity contribution in [2.24, 2.45) is 0 Å². The normalized spacial score (nSPS) is 12.2. The molecule has 0 aliphatic carbocycles. The Hall–Kier alpha value is -2.57. The van der Waals surface area contributed by atoms with Gasteiger partial charge in [0.25, 0.3) is 0 Å². The molecule has 28 heavy (non-hydrogen) atoms. The quantitative estimate of drug-likeness (QED) is 0.601. The number of benzene rings is 2. The number of carbonyl (C=O) groups excluding carboxylic acids is 2. The second-order valence-corrected chi connectivity index (χ2v) is 6.63. The Morgan fingerprint density at radius 2 is 1.75 bits per heavy atom. The van der Waals surface area contributed by atoms with Crippen molar-refractivity contribution in [2.75, 3.05) is 11.9 Å². The Kier molecular flexibility index (Phi) is 7.84. The van der Waals surface area contributed by atoms with E-state index in [0.717, 1.165) is 0 Å². The summed E-state index contributed by atoms with van der Waals surface area (Å²) >= 11 is 11.8. The average molecular weight is 426 g/mol. The molecule has 1 unspecified atom stereocenters. The zero-order valence-corrected chi connectivity index (χ0v) is 16.7. The fraction of sp³-hybridized carbons (Fsp3) is 0.200. The van der Waals surface area contributed by atoms with Gasteiger partial charge in [-0.25, -0.2) is 14.0 Å². The van der Waals surface area contributed by atoms with Crippen LogP contribution in [0.5, 0.6) is 0 Å². The van der Waals surface area contributed by atoms with Crippen LogP contribution in [0.1, 0.15) is 19.4 Å². The van der Waals surface area contributed by atoms with Crippen LogP contribution >= 0.6 is 23.2 Å². The van der Waals surface area contributed by atoms with Crippen molar-refractivity contribution in [3.63, 3.8) is 0 Å².